The van der Waals surface area contributed by atoms with Crippen LogP contribution in [0.4, 0.5) is 10.1 Å². The van der Waals surface area contributed by atoms with E-state index in [4.69, 9.17) is 17.3 Å². The zero-order valence-electron chi connectivity index (χ0n) is 9.71. The largest absolute Gasteiger partial charge is 0.395 e. The third-order valence-corrected chi connectivity index (χ3v) is 2.52. The Labute approximate surface area is 112 Å². The van der Waals surface area contributed by atoms with E-state index in [0.717, 1.165) is 0 Å². The van der Waals surface area contributed by atoms with Gasteiger partial charge in [0.05, 0.1) is 16.8 Å². The van der Waals surface area contributed by atoms with Crippen molar-refractivity contribution in [1.82, 2.24) is 5.32 Å². The van der Waals surface area contributed by atoms with Crippen molar-refractivity contribution >= 4 is 29.7 Å². The molecule has 6 heteroatoms. The fourth-order valence-corrected chi connectivity index (χ4v) is 1.48. The van der Waals surface area contributed by atoms with Crippen molar-refractivity contribution in [2.75, 3.05) is 12.3 Å². The number of halogens is 3. The molecule has 0 aromatic heterocycles. The van der Waals surface area contributed by atoms with Crippen LogP contribution >= 0.6 is 24.0 Å². The smallest absolute Gasteiger partial charge is 0.147 e. The summed E-state index contributed by atoms with van der Waals surface area (Å²) >= 11 is 5.73. The molecule has 1 aromatic rings. The van der Waals surface area contributed by atoms with Gasteiger partial charge in [0.25, 0.3) is 0 Å². The van der Waals surface area contributed by atoms with E-state index in [-0.39, 0.29) is 29.2 Å². The Kier molecular flexibility index (Phi) is 6.78. The lowest BCUT2D eigenvalue weighted by molar-refractivity contribution is 0.171. The molecule has 98 valence electrons. The molecule has 1 rings (SSSR count). The molecule has 0 bridgehead atoms. The molecule has 4 N–H and O–H groups in total. The van der Waals surface area contributed by atoms with Gasteiger partial charge in [-0.1, -0.05) is 25.4 Å². The summed E-state index contributed by atoms with van der Waals surface area (Å²) in [5, 5.41) is 13.0. The van der Waals surface area contributed by atoms with Gasteiger partial charge in [0, 0.05) is 12.6 Å². The van der Waals surface area contributed by atoms with E-state index in [2.05, 4.69) is 5.32 Å². The first-order valence-corrected chi connectivity index (χ1v) is 5.45. The summed E-state index contributed by atoms with van der Waals surface area (Å²) in [6.07, 6.45) is -0.796. The number of nitrogens with one attached hydrogen (secondary N) is 1. The maximum atomic E-state index is 13.3. The molecule has 1 aromatic carbocycles. The second-order valence-corrected chi connectivity index (χ2v) is 4.38. The van der Waals surface area contributed by atoms with Crippen molar-refractivity contribution in [2.24, 2.45) is 0 Å². The van der Waals surface area contributed by atoms with Crippen molar-refractivity contribution in [1.29, 1.82) is 0 Å². The lowest BCUT2D eigenvalue weighted by Gasteiger charge is -2.15. The molecule has 0 saturated heterocycles. The zero-order chi connectivity index (χ0) is 12.3. The van der Waals surface area contributed by atoms with Gasteiger partial charge in [0.1, 0.15) is 5.82 Å². The molecule has 0 amide bonds. The normalized spacial score (nSPS) is 12.4. The first-order valence-electron chi connectivity index (χ1n) is 5.07. The van der Waals surface area contributed by atoms with Gasteiger partial charge in [0.2, 0.25) is 0 Å². The van der Waals surface area contributed by atoms with E-state index in [1.54, 1.807) is 0 Å². The first-order chi connectivity index (χ1) is 7.41. The topological polar surface area (TPSA) is 58.3 Å². The van der Waals surface area contributed by atoms with E-state index < -0.39 is 11.9 Å². The van der Waals surface area contributed by atoms with Crippen molar-refractivity contribution in [3.05, 3.63) is 28.5 Å². The van der Waals surface area contributed by atoms with Gasteiger partial charge in [-0.25, -0.2) is 4.39 Å². The van der Waals surface area contributed by atoms with E-state index in [9.17, 15) is 9.50 Å². The molecule has 0 aliphatic carbocycles. The predicted octanol–water partition coefficient (Wildman–Crippen LogP) is 2.51. The molecule has 0 heterocycles. The third kappa shape index (κ3) is 4.68. The number of benzene rings is 1. The molecule has 0 spiro atoms. The minimum atomic E-state index is -0.796. The minimum absolute atomic E-state index is 0. The molecule has 3 nitrogen and oxygen atoms in total. The molecule has 0 aliphatic heterocycles. The fourth-order valence-electron chi connectivity index (χ4n) is 1.26. The van der Waals surface area contributed by atoms with E-state index >= 15 is 0 Å². The summed E-state index contributed by atoms with van der Waals surface area (Å²) in [5.74, 6) is -0.605. The van der Waals surface area contributed by atoms with Crippen LogP contribution in [0.15, 0.2) is 12.1 Å². The maximum absolute atomic E-state index is 13.3. The zero-order valence-corrected chi connectivity index (χ0v) is 11.3. The van der Waals surface area contributed by atoms with Crippen LogP contribution in [0.2, 0.25) is 5.02 Å². The molecule has 1 atom stereocenters. The third-order valence-electron chi connectivity index (χ3n) is 2.21. The lowest BCUT2D eigenvalue weighted by atomic mass is 10.1. The molecular weight excluding hydrogens is 266 g/mol. The summed E-state index contributed by atoms with van der Waals surface area (Å²) in [5.41, 5.74) is 5.70. The van der Waals surface area contributed by atoms with Crippen molar-refractivity contribution in [3.63, 3.8) is 0 Å². The number of aliphatic hydroxyl groups is 1. The number of hydrogen-bond donors (Lipinski definition) is 3. The minimum Gasteiger partial charge on any atom is -0.395 e. The van der Waals surface area contributed by atoms with Gasteiger partial charge >= 0.3 is 0 Å². The highest BCUT2D eigenvalue weighted by molar-refractivity contribution is 6.33. The van der Waals surface area contributed by atoms with Crippen molar-refractivity contribution < 1.29 is 9.50 Å². The van der Waals surface area contributed by atoms with E-state index in [1.165, 1.54) is 12.1 Å². The maximum Gasteiger partial charge on any atom is 0.147 e. The monoisotopic (exact) mass is 282 g/mol. The number of hydrogen-bond acceptors (Lipinski definition) is 3. The van der Waals surface area contributed by atoms with Gasteiger partial charge in [-0.15, -0.1) is 12.4 Å². The van der Waals surface area contributed by atoms with E-state index in [1.807, 2.05) is 13.8 Å². The Balaban J connectivity index is 0.00000256. The Bertz CT molecular complexity index is 351. The lowest BCUT2D eigenvalue weighted by Crippen LogP contribution is -2.28. The molecule has 0 radical (unpaired) electrons. The highest BCUT2D eigenvalue weighted by atomic mass is 35.5. The summed E-state index contributed by atoms with van der Waals surface area (Å²) in [7, 11) is 0. The SMILES string of the molecule is CC(C)NCC(O)c1cc(F)c(N)c(Cl)c1.Cl. The standard InChI is InChI=1S/C11H16ClFN2O.ClH/c1-6(2)15-5-10(16)7-3-8(12)11(14)9(13)4-7;/h3-4,6,10,15-16H,5,14H2,1-2H3;1H. The number of rotatable bonds is 4. The Morgan fingerprint density at radius 3 is 2.53 bits per heavy atom. The number of aliphatic hydroxyl groups excluding tert-OH is 1. The average Bonchev–Trinajstić information content (AvgIpc) is 2.21. The van der Waals surface area contributed by atoms with Crippen LogP contribution in [-0.2, 0) is 0 Å². The Hall–Kier alpha value is -0.550. The molecule has 0 aliphatic rings. The second kappa shape index (κ2) is 7.01. The van der Waals surface area contributed by atoms with E-state index in [0.29, 0.717) is 12.1 Å². The molecular formula is C11H17Cl2FN2O. The quantitative estimate of drug-likeness (QED) is 0.744. The van der Waals surface area contributed by atoms with Crippen LogP contribution in [0.3, 0.4) is 0 Å². The highest BCUT2D eigenvalue weighted by Gasteiger charge is 2.13. The van der Waals surface area contributed by atoms with Gasteiger partial charge < -0.3 is 16.2 Å². The number of anilines is 1. The molecule has 0 fully saturated rings. The van der Waals surface area contributed by atoms with Gasteiger partial charge in [-0.3, -0.25) is 0 Å². The average molecular weight is 283 g/mol. The van der Waals surface area contributed by atoms with Crippen molar-refractivity contribution in [2.45, 2.75) is 26.0 Å². The summed E-state index contributed by atoms with van der Waals surface area (Å²) < 4.78 is 13.3. The summed E-state index contributed by atoms with van der Waals surface area (Å²) in [6.45, 7) is 4.27. The summed E-state index contributed by atoms with van der Waals surface area (Å²) in [6, 6.07) is 2.93. The number of nitrogens with two attached hydrogens (primary N) is 1. The molecule has 1 unspecified atom stereocenters. The van der Waals surface area contributed by atoms with Crippen LogP contribution in [0.5, 0.6) is 0 Å². The van der Waals surface area contributed by atoms with Crippen molar-refractivity contribution in [3.8, 4) is 0 Å². The first kappa shape index (κ1) is 16.4. The van der Waals surface area contributed by atoms with Crippen LogP contribution in [-0.4, -0.2) is 17.7 Å². The van der Waals surface area contributed by atoms with Crippen LogP contribution < -0.4 is 11.1 Å². The van der Waals surface area contributed by atoms with Gasteiger partial charge in [-0.2, -0.15) is 0 Å². The van der Waals surface area contributed by atoms with Crippen LogP contribution in [0.25, 0.3) is 0 Å². The molecule has 0 saturated carbocycles. The van der Waals surface area contributed by atoms with Crippen LogP contribution in [0, 0.1) is 5.82 Å². The predicted molar refractivity (Wildman–Crippen MR) is 71.2 cm³/mol. The number of nitrogen functional groups attached to an aromatic ring is 1. The van der Waals surface area contributed by atoms with Gasteiger partial charge in [-0.05, 0) is 17.7 Å². The second-order valence-electron chi connectivity index (χ2n) is 3.98. The fraction of sp³-hybridized carbons (Fsp3) is 0.455. The molecule has 17 heavy (non-hydrogen) atoms. The highest BCUT2D eigenvalue weighted by Crippen LogP contribution is 2.26. The summed E-state index contributed by atoms with van der Waals surface area (Å²) in [4.78, 5) is 0. The van der Waals surface area contributed by atoms with Crippen LogP contribution in [0.1, 0.15) is 25.5 Å². The van der Waals surface area contributed by atoms with Gasteiger partial charge in [0.15, 0.2) is 0 Å². The Morgan fingerprint density at radius 1 is 1.47 bits per heavy atom. The Morgan fingerprint density at radius 2 is 2.06 bits per heavy atom.